The highest BCUT2D eigenvalue weighted by atomic mass is 32.1. The van der Waals surface area contributed by atoms with Gasteiger partial charge in [-0.15, -0.1) is 0 Å². The van der Waals surface area contributed by atoms with Gasteiger partial charge >= 0.3 is 0 Å². The third kappa shape index (κ3) is 3.99. The summed E-state index contributed by atoms with van der Waals surface area (Å²) in [5.41, 5.74) is 6.78. The predicted octanol–water partition coefficient (Wildman–Crippen LogP) is 6.36. The van der Waals surface area contributed by atoms with Gasteiger partial charge in [-0.25, -0.2) is 4.39 Å². The zero-order valence-corrected chi connectivity index (χ0v) is 19.9. The van der Waals surface area contributed by atoms with Crippen LogP contribution in [-0.2, 0) is 0 Å². The summed E-state index contributed by atoms with van der Waals surface area (Å²) < 4.78 is 19.1. The van der Waals surface area contributed by atoms with Crippen LogP contribution >= 0.6 is 12.2 Å². The Morgan fingerprint density at radius 2 is 1.68 bits per heavy atom. The molecule has 0 radical (unpaired) electrons. The molecule has 1 aliphatic heterocycles. The van der Waals surface area contributed by atoms with Gasteiger partial charge in [0.25, 0.3) is 5.89 Å². The fourth-order valence-electron chi connectivity index (χ4n) is 4.14. The first-order chi connectivity index (χ1) is 16.4. The molecular formula is C27H23FN4OS. The third-order valence-electron chi connectivity index (χ3n) is 6.13. The normalized spacial score (nSPS) is 16.1. The molecule has 5 nitrogen and oxygen atoms in total. The van der Waals surface area contributed by atoms with Gasteiger partial charge in [0.15, 0.2) is 5.11 Å². The van der Waals surface area contributed by atoms with E-state index in [0.717, 1.165) is 22.5 Å². The molecule has 1 N–H and O–H groups in total. The molecule has 0 bridgehead atoms. The van der Waals surface area contributed by atoms with Crippen molar-refractivity contribution in [2.75, 3.05) is 4.90 Å². The number of aryl methyl sites for hydroxylation is 2. The standard InChI is InChI=1S/C27H23FN4OS/c1-16-9-14-22(15-17(16)2)32-18(3)23(24(29-27(32)34)19-7-5-4-6-8-19)26-30-25(31-33-26)20-10-12-21(28)13-11-20/h4-15,24H,1-3H3,(H,29,34). The van der Waals surface area contributed by atoms with E-state index in [1.807, 2.05) is 42.2 Å². The van der Waals surface area contributed by atoms with Crippen molar-refractivity contribution in [3.63, 3.8) is 0 Å². The predicted molar refractivity (Wildman–Crippen MR) is 136 cm³/mol. The highest BCUT2D eigenvalue weighted by molar-refractivity contribution is 7.80. The monoisotopic (exact) mass is 470 g/mol. The molecule has 0 saturated heterocycles. The fraction of sp³-hybridized carbons (Fsp3) is 0.148. The Morgan fingerprint density at radius 3 is 2.38 bits per heavy atom. The van der Waals surface area contributed by atoms with Crippen LogP contribution in [0.4, 0.5) is 10.1 Å². The van der Waals surface area contributed by atoms with Crippen molar-refractivity contribution >= 4 is 28.6 Å². The van der Waals surface area contributed by atoms with E-state index >= 15 is 0 Å². The topological polar surface area (TPSA) is 54.2 Å². The Hall–Kier alpha value is -3.84. The average molecular weight is 471 g/mol. The number of thiocarbonyl (C=S) groups is 1. The van der Waals surface area contributed by atoms with Gasteiger partial charge in [0, 0.05) is 16.9 Å². The van der Waals surface area contributed by atoms with Crippen molar-refractivity contribution in [1.29, 1.82) is 0 Å². The third-order valence-corrected chi connectivity index (χ3v) is 6.43. The van der Waals surface area contributed by atoms with Gasteiger partial charge < -0.3 is 9.84 Å². The minimum absolute atomic E-state index is 0.266. The van der Waals surface area contributed by atoms with Crippen LogP contribution in [0.25, 0.3) is 17.0 Å². The van der Waals surface area contributed by atoms with E-state index in [-0.39, 0.29) is 11.9 Å². The summed E-state index contributed by atoms with van der Waals surface area (Å²) in [5.74, 6) is 0.465. The Balaban J connectivity index is 1.65. The SMILES string of the molecule is CC1=C(c2nc(-c3ccc(F)cc3)no2)C(c2ccccc2)NC(=S)N1c1ccc(C)c(C)c1. The van der Waals surface area contributed by atoms with Gasteiger partial charge in [-0.05, 0) is 86.1 Å². The molecule has 0 aliphatic carbocycles. The van der Waals surface area contributed by atoms with Gasteiger partial charge in [-0.1, -0.05) is 41.6 Å². The zero-order valence-electron chi connectivity index (χ0n) is 19.0. The van der Waals surface area contributed by atoms with Gasteiger partial charge in [0.1, 0.15) is 5.82 Å². The summed E-state index contributed by atoms with van der Waals surface area (Å²) in [6.45, 7) is 6.18. The minimum Gasteiger partial charge on any atom is -0.351 e. The first-order valence-electron chi connectivity index (χ1n) is 11.0. The molecule has 0 saturated carbocycles. The van der Waals surface area contributed by atoms with Gasteiger partial charge in [0.05, 0.1) is 11.6 Å². The van der Waals surface area contributed by atoms with Crippen molar-refractivity contribution in [3.8, 4) is 11.4 Å². The maximum atomic E-state index is 13.4. The summed E-state index contributed by atoms with van der Waals surface area (Å²) in [6, 6.07) is 22.0. The summed E-state index contributed by atoms with van der Waals surface area (Å²) in [5, 5.41) is 8.24. The van der Waals surface area contributed by atoms with Crippen LogP contribution in [0.15, 0.2) is 83.0 Å². The second-order valence-electron chi connectivity index (χ2n) is 8.33. The molecule has 1 aromatic heterocycles. The minimum atomic E-state index is -0.316. The van der Waals surface area contributed by atoms with E-state index in [4.69, 9.17) is 16.7 Å². The Kier molecular flexibility index (Phi) is 5.71. The largest absolute Gasteiger partial charge is 0.351 e. The zero-order chi connectivity index (χ0) is 23.8. The molecular weight excluding hydrogens is 447 g/mol. The maximum absolute atomic E-state index is 13.4. The molecule has 34 heavy (non-hydrogen) atoms. The summed E-state index contributed by atoms with van der Waals surface area (Å²) >= 11 is 5.81. The van der Waals surface area contributed by atoms with E-state index in [9.17, 15) is 4.39 Å². The van der Waals surface area contributed by atoms with E-state index in [1.165, 1.54) is 23.3 Å². The highest BCUT2D eigenvalue weighted by Crippen LogP contribution is 2.39. The van der Waals surface area contributed by atoms with E-state index in [0.29, 0.717) is 22.4 Å². The average Bonchev–Trinajstić information content (AvgIpc) is 3.31. The van der Waals surface area contributed by atoms with Crippen LogP contribution in [0.5, 0.6) is 0 Å². The van der Waals surface area contributed by atoms with Crippen molar-refractivity contribution in [2.45, 2.75) is 26.8 Å². The molecule has 170 valence electrons. The Labute approximate surface area is 202 Å². The summed E-state index contributed by atoms with van der Waals surface area (Å²) in [6.07, 6.45) is 0. The number of benzene rings is 3. The number of halogens is 1. The van der Waals surface area contributed by atoms with E-state index in [2.05, 4.69) is 47.5 Å². The smallest absolute Gasteiger partial charge is 0.258 e. The second kappa shape index (κ2) is 8.83. The number of anilines is 1. The van der Waals surface area contributed by atoms with Crippen LogP contribution in [0.3, 0.4) is 0 Å². The molecule has 4 aromatic rings. The molecule has 7 heteroatoms. The van der Waals surface area contributed by atoms with Crippen molar-refractivity contribution < 1.29 is 8.91 Å². The molecule has 3 aromatic carbocycles. The lowest BCUT2D eigenvalue weighted by Gasteiger charge is -2.37. The van der Waals surface area contributed by atoms with Crippen LogP contribution in [0.1, 0.15) is 35.5 Å². The molecule has 5 rings (SSSR count). The number of nitrogens with one attached hydrogen (secondary N) is 1. The molecule has 0 amide bonds. The number of nitrogens with zero attached hydrogens (tertiary/aromatic N) is 3. The molecule has 1 aliphatic rings. The Bertz CT molecular complexity index is 1400. The van der Waals surface area contributed by atoms with Crippen molar-refractivity contribution in [3.05, 3.63) is 107 Å². The molecule has 1 unspecified atom stereocenters. The number of hydrogen-bond acceptors (Lipinski definition) is 4. The molecule has 2 heterocycles. The van der Waals surface area contributed by atoms with E-state index in [1.54, 1.807) is 12.1 Å². The lowest BCUT2D eigenvalue weighted by molar-refractivity contribution is 0.404. The Morgan fingerprint density at radius 1 is 0.941 bits per heavy atom. The lowest BCUT2D eigenvalue weighted by Crippen LogP contribution is -2.46. The van der Waals surface area contributed by atoms with Crippen LogP contribution in [0.2, 0.25) is 0 Å². The fourth-order valence-corrected chi connectivity index (χ4v) is 4.50. The quantitative estimate of drug-likeness (QED) is 0.350. The van der Waals surface area contributed by atoms with Gasteiger partial charge in [0.2, 0.25) is 5.82 Å². The number of hydrogen-bond donors (Lipinski definition) is 1. The second-order valence-corrected chi connectivity index (χ2v) is 8.71. The summed E-state index contributed by atoms with van der Waals surface area (Å²) in [4.78, 5) is 6.68. The molecule has 0 fully saturated rings. The maximum Gasteiger partial charge on any atom is 0.258 e. The van der Waals surface area contributed by atoms with Crippen molar-refractivity contribution in [2.24, 2.45) is 0 Å². The molecule has 0 spiro atoms. The number of aromatic nitrogens is 2. The lowest BCUT2D eigenvalue weighted by atomic mass is 9.94. The van der Waals surface area contributed by atoms with Crippen molar-refractivity contribution in [1.82, 2.24) is 15.5 Å². The molecule has 1 atom stereocenters. The van der Waals surface area contributed by atoms with Crippen LogP contribution < -0.4 is 10.2 Å². The summed E-state index contributed by atoms with van der Waals surface area (Å²) in [7, 11) is 0. The van der Waals surface area contributed by atoms with Gasteiger partial charge in [-0.2, -0.15) is 4.98 Å². The van der Waals surface area contributed by atoms with Crippen LogP contribution in [-0.4, -0.2) is 15.3 Å². The number of rotatable bonds is 4. The first-order valence-corrected chi connectivity index (χ1v) is 11.4. The highest BCUT2D eigenvalue weighted by Gasteiger charge is 2.34. The van der Waals surface area contributed by atoms with E-state index < -0.39 is 0 Å². The number of allylic oxidation sites excluding steroid dienone is 1. The first kappa shape index (κ1) is 22.0. The van der Waals surface area contributed by atoms with Crippen LogP contribution in [0, 0.1) is 19.7 Å². The van der Waals surface area contributed by atoms with Gasteiger partial charge in [-0.3, -0.25) is 4.90 Å².